The van der Waals surface area contributed by atoms with Crippen LogP contribution in [0.15, 0.2) is 67.1 Å². The van der Waals surface area contributed by atoms with Gasteiger partial charge in [0.1, 0.15) is 5.78 Å². The van der Waals surface area contributed by atoms with Gasteiger partial charge in [0.15, 0.2) is 0 Å². The van der Waals surface area contributed by atoms with Crippen LogP contribution in [0.25, 0.3) is 16.6 Å². The summed E-state index contributed by atoms with van der Waals surface area (Å²) in [5.41, 5.74) is 5.05. The van der Waals surface area contributed by atoms with Crippen molar-refractivity contribution in [3.8, 4) is 5.69 Å². The zero-order valence-corrected chi connectivity index (χ0v) is 18.4. The van der Waals surface area contributed by atoms with Crippen LogP contribution in [-0.2, 0) is 17.6 Å². The summed E-state index contributed by atoms with van der Waals surface area (Å²) in [5, 5.41) is 5.52. The highest BCUT2D eigenvalue weighted by Crippen LogP contribution is 2.36. The molecule has 0 spiro atoms. The van der Waals surface area contributed by atoms with E-state index < -0.39 is 0 Å². The molecular weight excluding hydrogens is 396 g/mol. The molecule has 2 atom stereocenters. The predicted octanol–water partition coefficient (Wildman–Crippen LogP) is 5.28. The number of aromatic nitrogens is 4. The van der Waals surface area contributed by atoms with Gasteiger partial charge in [0, 0.05) is 35.8 Å². The van der Waals surface area contributed by atoms with Crippen molar-refractivity contribution in [3.63, 3.8) is 0 Å². The normalized spacial score (nSPS) is 18.3. The van der Waals surface area contributed by atoms with Crippen molar-refractivity contribution in [1.29, 1.82) is 0 Å². The Morgan fingerprint density at radius 1 is 1.03 bits per heavy atom. The van der Waals surface area contributed by atoms with Crippen LogP contribution in [0.5, 0.6) is 0 Å². The molecule has 3 heterocycles. The Morgan fingerprint density at radius 3 is 2.72 bits per heavy atom. The van der Waals surface area contributed by atoms with Crippen molar-refractivity contribution in [2.45, 2.75) is 45.4 Å². The third kappa shape index (κ3) is 4.47. The van der Waals surface area contributed by atoms with Gasteiger partial charge in [-0.15, -0.1) is 0 Å². The molecule has 5 rings (SSSR count). The Bertz CT molecular complexity index is 1230. The highest BCUT2D eigenvalue weighted by Gasteiger charge is 2.29. The number of ketones is 1. The standard InChI is InChI=1S/C27H28N4O/c1-19-12-25(10-11-28-19)31-27-18-29-24(14-23(27)17-30-31)16-26(32)15-22-9-5-8-21(22)13-20-6-3-2-4-7-20/h2-4,6-7,10-12,14,17-18,21-22H,5,8-9,13,15-16H2,1H3/t21-,22+/m0/s1. The second-order valence-corrected chi connectivity index (χ2v) is 9.01. The number of aryl methyl sites for hydroxylation is 1. The van der Waals surface area contributed by atoms with E-state index in [1.54, 1.807) is 6.20 Å². The van der Waals surface area contributed by atoms with Gasteiger partial charge in [-0.05, 0) is 61.8 Å². The van der Waals surface area contributed by atoms with E-state index in [1.165, 1.54) is 18.4 Å². The van der Waals surface area contributed by atoms with E-state index in [-0.39, 0.29) is 0 Å². The van der Waals surface area contributed by atoms with Crippen molar-refractivity contribution >= 4 is 16.7 Å². The average Bonchev–Trinajstić information content (AvgIpc) is 3.41. The number of nitrogens with zero attached hydrogens (tertiary/aromatic N) is 4. The lowest BCUT2D eigenvalue weighted by molar-refractivity contribution is -0.119. The maximum absolute atomic E-state index is 12.9. The summed E-state index contributed by atoms with van der Waals surface area (Å²) in [4.78, 5) is 21.7. The lowest BCUT2D eigenvalue weighted by atomic mass is 9.86. The van der Waals surface area contributed by atoms with E-state index in [0.717, 1.165) is 40.8 Å². The minimum atomic E-state index is 0.291. The Kier molecular flexibility index (Phi) is 5.80. The summed E-state index contributed by atoms with van der Waals surface area (Å²) >= 11 is 0. The van der Waals surface area contributed by atoms with Gasteiger partial charge in [-0.3, -0.25) is 14.8 Å². The number of pyridine rings is 2. The van der Waals surface area contributed by atoms with Gasteiger partial charge in [0.25, 0.3) is 0 Å². The summed E-state index contributed by atoms with van der Waals surface area (Å²) in [6.45, 7) is 1.96. The van der Waals surface area contributed by atoms with E-state index in [9.17, 15) is 4.79 Å². The van der Waals surface area contributed by atoms with Crippen molar-refractivity contribution in [3.05, 3.63) is 84.1 Å². The number of Topliss-reactive ketones (excluding diaryl/α,β-unsaturated/α-hetero) is 1. The van der Waals surface area contributed by atoms with Crippen molar-refractivity contribution in [2.24, 2.45) is 11.8 Å². The van der Waals surface area contributed by atoms with Gasteiger partial charge in [0.05, 0.1) is 23.6 Å². The van der Waals surface area contributed by atoms with E-state index in [1.807, 2.05) is 42.2 Å². The number of carbonyl (C=O) groups is 1. The molecule has 1 aliphatic rings. The highest BCUT2D eigenvalue weighted by atomic mass is 16.1. The first-order valence-corrected chi connectivity index (χ1v) is 11.5. The van der Waals surface area contributed by atoms with Gasteiger partial charge < -0.3 is 0 Å². The van der Waals surface area contributed by atoms with E-state index in [2.05, 4.69) is 45.4 Å². The topological polar surface area (TPSA) is 60.7 Å². The molecule has 0 bridgehead atoms. The Hall–Kier alpha value is -3.34. The van der Waals surface area contributed by atoms with Crippen LogP contribution in [0.2, 0.25) is 0 Å². The predicted molar refractivity (Wildman–Crippen MR) is 126 cm³/mol. The molecule has 4 aromatic rings. The fourth-order valence-corrected chi connectivity index (χ4v) is 5.07. The van der Waals surface area contributed by atoms with Crippen LogP contribution in [0.1, 0.15) is 42.6 Å². The Balaban J connectivity index is 1.26. The van der Waals surface area contributed by atoms with E-state index >= 15 is 0 Å². The molecule has 5 heteroatoms. The molecule has 162 valence electrons. The van der Waals surface area contributed by atoms with Crippen LogP contribution in [0.3, 0.4) is 0 Å². The van der Waals surface area contributed by atoms with Crippen LogP contribution < -0.4 is 0 Å². The molecule has 5 nitrogen and oxygen atoms in total. The zero-order valence-electron chi connectivity index (χ0n) is 18.4. The number of rotatable bonds is 7. The van der Waals surface area contributed by atoms with Crippen LogP contribution in [0, 0.1) is 18.8 Å². The van der Waals surface area contributed by atoms with Gasteiger partial charge >= 0.3 is 0 Å². The van der Waals surface area contributed by atoms with Crippen LogP contribution >= 0.6 is 0 Å². The fraction of sp³-hybridized carbons (Fsp3) is 0.333. The number of fused-ring (bicyclic) bond motifs is 1. The van der Waals surface area contributed by atoms with Gasteiger partial charge in [0.2, 0.25) is 0 Å². The molecule has 3 aromatic heterocycles. The minimum absolute atomic E-state index is 0.291. The number of carbonyl (C=O) groups excluding carboxylic acids is 1. The summed E-state index contributed by atoms with van der Waals surface area (Å²) in [6.07, 6.45) is 11.2. The third-order valence-electron chi connectivity index (χ3n) is 6.66. The zero-order chi connectivity index (χ0) is 21.9. The van der Waals surface area contributed by atoms with Crippen LogP contribution in [0.4, 0.5) is 0 Å². The Morgan fingerprint density at radius 2 is 1.88 bits per heavy atom. The quantitative estimate of drug-likeness (QED) is 0.405. The lowest BCUT2D eigenvalue weighted by Crippen LogP contribution is -2.17. The average molecular weight is 425 g/mol. The smallest absolute Gasteiger partial charge is 0.139 e. The Labute approximate surface area is 188 Å². The second kappa shape index (κ2) is 9.03. The van der Waals surface area contributed by atoms with E-state index in [0.29, 0.717) is 30.5 Å². The SMILES string of the molecule is Cc1cc(-n2ncc3cc(CC(=O)C[C@H]4CCC[C@H]4Cc4ccccc4)ncc32)ccn1. The van der Waals surface area contributed by atoms with E-state index in [4.69, 9.17) is 0 Å². The van der Waals surface area contributed by atoms with Crippen molar-refractivity contribution < 1.29 is 4.79 Å². The summed E-state index contributed by atoms with van der Waals surface area (Å²) in [7, 11) is 0. The molecular formula is C27H28N4O. The summed E-state index contributed by atoms with van der Waals surface area (Å²) in [6, 6.07) is 16.6. The molecule has 0 amide bonds. The molecule has 1 aromatic carbocycles. The summed E-state index contributed by atoms with van der Waals surface area (Å²) < 4.78 is 1.87. The second-order valence-electron chi connectivity index (χ2n) is 9.01. The minimum Gasteiger partial charge on any atom is -0.299 e. The monoisotopic (exact) mass is 424 g/mol. The molecule has 1 saturated carbocycles. The van der Waals surface area contributed by atoms with Crippen molar-refractivity contribution in [1.82, 2.24) is 19.7 Å². The summed E-state index contributed by atoms with van der Waals surface area (Å²) in [5.74, 6) is 1.39. The van der Waals surface area contributed by atoms with Gasteiger partial charge in [-0.2, -0.15) is 5.10 Å². The number of hydrogen-bond donors (Lipinski definition) is 0. The third-order valence-corrected chi connectivity index (χ3v) is 6.66. The fourth-order valence-electron chi connectivity index (χ4n) is 5.07. The van der Waals surface area contributed by atoms with Crippen LogP contribution in [-0.4, -0.2) is 25.5 Å². The maximum atomic E-state index is 12.9. The molecule has 0 unspecified atom stereocenters. The molecule has 1 aliphatic carbocycles. The van der Waals surface area contributed by atoms with Crippen molar-refractivity contribution in [2.75, 3.05) is 0 Å². The molecule has 0 saturated heterocycles. The lowest BCUT2D eigenvalue weighted by Gasteiger charge is -2.19. The molecule has 0 radical (unpaired) electrons. The number of hydrogen-bond acceptors (Lipinski definition) is 4. The first kappa shape index (κ1) is 20.6. The first-order valence-electron chi connectivity index (χ1n) is 11.5. The molecule has 32 heavy (non-hydrogen) atoms. The van der Waals surface area contributed by atoms with Gasteiger partial charge in [-0.1, -0.05) is 36.8 Å². The number of benzene rings is 1. The molecule has 0 N–H and O–H groups in total. The van der Waals surface area contributed by atoms with Gasteiger partial charge in [-0.25, -0.2) is 4.68 Å². The molecule has 1 fully saturated rings. The first-order chi connectivity index (χ1) is 15.7. The highest BCUT2D eigenvalue weighted by molar-refractivity contribution is 5.84. The maximum Gasteiger partial charge on any atom is 0.139 e. The molecule has 0 aliphatic heterocycles. The largest absolute Gasteiger partial charge is 0.299 e.